The van der Waals surface area contributed by atoms with Gasteiger partial charge in [0, 0.05) is 13.0 Å². The van der Waals surface area contributed by atoms with Crippen LogP contribution < -0.4 is 5.73 Å². The monoisotopic (exact) mass is 198 g/mol. The van der Waals surface area contributed by atoms with Gasteiger partial charge in [-0.2, -0.15) is 5.10 Å². The summed E-state index contributed by atoms with van der Waals surface area (Å²) in [7, 11) is 0. The predicted octanol–water partition coefficient (Wildman–Crippen LogP) is 0.163. The first kappa shape index (κ1) is 10.6. The van der Waals surface area contributed by atoms with Gasteiger partial charge in [0.1, 0.15) is 12.2 Å². The third-order valence-corrected chi connectivity index (χ3v) is 1.95. The zero-order chi connectivity index (χ0) is 10.6. The smallest absolute Gasteiger partial charge is 0.303 e. The molecule has 0 saturated carbocycles. The molecular weight excluding hydrogens is 184 g/mol. The fourth-order valence-electron chi connectivity index (χ4n) is 1.21. The Bertz CT molecular complexity index is 310. The molecule has 14 heavy (non-hydrogen) atoms. The van der Waals surface area contributed by atoms with E-state index < -0.39 is 5.97 Å². The van der Waals surface area contributed by atoms with Crippen LogP contribution in [0, 0.1) is 0 Å². The van der Waals surface area contributed by atoms with E-state index in [0.29, 0.717) is 18.8 Å². The zero-order valence-electron chi connectivity index (χ0n) is 8.05. The van der Waals surface area contributed by atoms with Crippen LogP contribution in [0.1, 0.15) is 31.6 Å². The molecule has 0 saturated heterocycles. The van der Waals surface area contributed by atoms with Crippen molar-refractivity contribution in [1.29, 1.82) is 0 Å². The first-order valence-corrected chi connectivity index (χ1v) is 4.50. The molecule has 0 spiro atoms. The lowest BCUT2D eigenvalue weighted by Gasteiger charge is -2.09. The van der Waals surface area contributed by atoms with Crippen LogP contribution in [0.15, 0.2) is 6.33 Å². The van der Waals surface area contributed by atoms with Crippen molar-refractivity contribution < 1.29 is 9.90 Å². The molecule has 0 aromatic carbocycles. The van der Waals surface area contributed by atoms with Gasteiger partial charge in [0.2, 0.25) is 0 Å². The lowest BCUT2D eigenvalue weighted by atomic mass is 10.1. The Balaban J connectivity index is 2.59. The average Bonchev–Trinajstić information content (AvgIpc) is 2.61. The summed E-state index contributed by atoms with van der Waals surface area (Å²) in [5, 5.41) is 12.4. The van der Waals surface area contributed by atoms with Crippen LogP contribution >= 0.6 is 0 Å². The number of nitrogens with two attached hydrogens (primary N) is 1. The number of hydrogen-bond acceptors (Lipinski definition) is 4. The third kappa shape index (κ3) is 2.53. The Hall–Kier alpha value is -1.43. The van der Waals surface area contributed by atoms with Crippen LogP contribution in [0.25, 0.3) is 0 Å². The number of nitrogens with zero attached hydrogens (tertiary/aromatic N) is 3. The Morgan fingerprint density at radius 2 is 2.50 bits per heavy atom. The van der Waals surface area contributed by atoms with Gasteiger partial charge >= 0.3 is 5.97 Å². The van der Waals surface area contributed by atoms with Crippen LogP contribution in [0.3, 0.4) is 0 Å². The molecule has 6 nitrogen and oxygen atoms in total. The molecule has 0 aliphatic carbocycles. The standard InChI is InChI=1S/C8H14N4O2/c1-2-12-8(10-5-11-12)6(9)3-4-7(13)14/h5-6H,2-4,9H2,1H3,(H,13,14). The summed E-state index contributed by atoms with van der Waals surface area (Å²) in [6, 6.07) is -0.353. The summed E-state index contributed by atoms with van der Waals surface area (Å²) in [6.07, 6.45) is 1.87. The Labute approximate surface area is 81.7 Å². The van der Waals surface area contributed by atoms with Gasteiger partial charge in [-0.05, 0) is 13.3 Å². The molecule has 0 fully saturated rings. The molecule has 1 unspecified atom stereocenters. The lowest BCUT2D eigenvalue weighted by Crippen LogP contribution is -2.18. The van der Waals surface area contributed by atoms with E-state index in [0.717, 1.165) is 0 Å². The van der Waals surface area contributed by atoms with Gasteiger partial charge in [0.25, 0.3) is 0 Å². The topological polar surface area (TPSA) is 94.0 Å². The molecule has 0 aliphatic rings. The second kappa shape index (κ2) is 4.71. The van der Waals surface area contributed by atoms with E-state index in [1.54, 1.807) is 4.68 Å². The fraction of sp³-hybridized carbons (Fsp3) is 0.625. The molecule has 1 atom stereocenters. The molecule has 6 heteroatoms. The van der Waals surface area contributed by atoms with Crippen LogP contribution in [0.2, 0.25) is 0 Å². The molecule has 1 rings (SSSR count). The molecule has 1 aromatic rings. The largest absolute Gasteiger partial charge is 0.481 e. The normalized spacial score (nSPS) is 12.7. The van der Waals surface area contributed by atoms with Crippen molar-refractivity contribution in [2.75, 3.05) is 0 Å². The number of rotatable bonds is 5. The highest BCUT2D eigenvalue weighted by Gasteiger charge is 2.13. The number of aliphatic carboxylic acids is 1. The van der Waals surface area contributed by atoms with Gasteiger partial charge in [0.05, 0.1) is 6.04 Å². The first-order valence-electron chi connectivity index (χ1n) is 4.50. The van der Waals surface area contributed by atoms with Crippen molar-refractivity contribution in [3.63, 3.8) is 0 Å². The fourth-order valence-corrected chi connectivity index (χ4v) is 1.21. The minimum Gasteiger partial charge on any atom is -0.481 e. The van der Waals surface area contributed by atoms with E-state index in [1.165, 1.54) is 6.33 Å². The van der Waals surface area contributed by atoms with Crippen LogP contribution in [0.5, 0.6) is 0 Å². The van der Waals surface area contributed by atoms with Gasteiger partial charge in [-0.25, -0.2) is 9.67 Å². The maximum absolute atomic E-state index is 10.3. The van der Waals surface area contributed by atoms with Crippen LogP contribution in [-0.4, -0.2) is 25.8 Å². The number of carboxylic acid groups (broad SMARTS) is 1. The Morgan fingerprint density at radius 3 is 3.07 bits per heavy atom. The maximum atomic E-state index is 10.3. The highest BCUT2D eigenvalue weighted by atomic mass is 16.4. The van der Waals surface area contributed by atoms with Gasteiger partial charge in [-0.1, -0.05) is 0 Å². The molecule has 1 aromatic heterocycles. The number of aromatic nitrogens is 3. The van der Waals surface area contributed by atoms with Crippen molar-refractivity contribution in [2.45, 2.75) is 32.4 Å². The second-order valence-corrected chi connectivity index (χ2v) is 2.97. The highest BCUT2D eigenvalue weighted by molar-refractivity contribution is 5.66. The molecular formula is C8H14N4O2. The van der Waals surface area contributed by atoms with E-state index in [-0.39, 0.29) is 12.5 Å². The molecule has 0 radical (unpaired) electrons. The predicted molar refractivity (Wildman–Crippen MR) is 49.5 cm³/mol. The minimum absolute atomic E-state index is 0.0533. The van der Waals surface area contributed by atoms with E-state index in [9.17, 15) is 4.79 Å². The van der Waals surface area contributed by atoms with E-state index in [2.05, 4.69) is 10.1 Å². The third-order valence-electron chi connectivity index (χ3n) is 1.95. The van der Waals surface area contributed by atoms with E-state index >= 15 is 0 Å². The second-order valence-electron chi connectivity index (χ2n) is 2.97. The number of aryl methyl sites for hydroxylation is 1. The molecule has 3 N–H and O–H groups in total. The van der Waals surface area contributed by atoms with Crippen LogP contribution in [0.4, 0.5) is 0 Å². The van der Waals surface area contributed by atoms with Gasteiger partial charge in [-0.3, -0.25) is 4.79 Å². The quantitative estimate of drug-likeness (QED) is 0.703. The van der Waals surface area contributed by atoms with E-state index in [4.69, 9.17) is 10.8 Å². The number of carbonyl (C=O) groups is 1. The van der Waals surface area contributed by atoms with Crippen molar-refractivity contribution >= 4 is 5.97 Å². The van der Waals surface area contributed by atoms with Crippen molar-refractivity contribution in [3.8, 4) is 0 Å². The molecule has 78 valence electrons. The van der Waals surface area contributed by atoms with Crippen molar-refractivity contribution in [1.82, 2.24) is 14.8 Å². The van der Waals surface area contributed by atoms with Gasteiger partial charge in [-0.15, -0.1) is 0 Å². The Morgan fingerprint density at radius 1 is 1.79 bits per heavy atom. The van der Waals surface area contributed by atoms with Crippen molar-refractivity contribution in [2.24, 2.45) is 5.73 Å². The SMILES string of the molecule is CCn1ncnc1C(N)CCC(=O)O. The van der Waals surface area contributed by atoms with Crippen molar-refractivity contribution in [3.05, 3.63) is 12.2 Å². The maximum Gasteiger partial charge on any atom is 0.303 e. The minimum atomic E-state index is -0.844. The summed E-state index contributed by atoms with van der Waals surface area (Å²) < 4.78 is 1.67. The summed E-state index contributed by atoms with van der Waals surface area (Å²) >= 11 is 0. The summed E-state index contributed by atoms with van der Waals surface area (Å²) in [5.41, 5.74) is 5.78. The van der Waals surface area contributed by atoms with Gasteiger partial charge < -0.3 is 10.8 Å². The zero-order valence-corrected chi connectivity index (χ0v) is 8.05. The Kier molecular flexibility index (Phi) is 3.58. The molecule has 0 aliphatic heterocycles. The number of hydrogen-bond donors (Lipinski definition) is 2. The summed E-state index contributed by atoms with van der Waals surface area (Å²) in [5.74, 6) is -0.197. The van der Waals surface area contributed by atoms with Crippen LogP contribution in [-0.2, 0) is 11.3 Å². The lowest BCUT2D eigenvalue weighted by molar-refractivity contribution is -0.137. The van der Waals surface area contributed by atoms with Gasteiger partial charge in [0.15, 0.2) is 0 Å². The number of carboxylic acids is 1. The molecule has 0 bridgehead atoms. The average molecular weight is 198 g/mol. The van der Waals surface area contributed by atoms with E-state index in [1.807, 2.05) is 6.92 Å². The summed E-state index contributed by atoms with van der Waals surface area (Å²) in [6.45, 7) is 2.62. The first-order chi connectivity index (χ1) is 6.65. The highest BCUT2D eigenvalue weighted by Crippen LogP contribution is 2.12. The summed E-state index contributed by atoms with van der Waals surface area (Å²) in [4.78, 5) is 14.3. The molecule has 1 heterocycles. The molecule has 0 amide bonds.